The van der Waals surface area contributed by atoms with Gasteiger partial charge in [0.1, 0.15) is 0 Å². The zero-order valence-electron chi connectivity index (χ0n) is 5.54. The van der Waals surface area contributed by atoms with Crippen LogP contribution in [0.2, 0.25) is 0 Å². The third kappa shape index (κ3) is 2.16. The second kappa shape index (κ2) is 4.15. The highest BCUT2D eigenvalue weighted by Crippen LogP contribution is 2.56. The minimum absolute atomic E-state index is 0.840. The van der Waals surface area contributed by atoms with Gasteiger partial charge in [-0.15, -0.1) is 0 Å². The molecule has 0 amide bonds. The molecule has 0 aromatic heterocycles. The van der Waals surface area contributed by atoms with Gasteiger partial charge in [0.25, 0.3) is 0 Å². The molecule has 0 nitrogen and oxygen atoms in total. The van der Waals surface area contributed by atoms with Crippen molar-refractivity contribution in [3.05, 3.63) is 28.0 Å². The van der Waals surface area contributed by atoms with Crippen molar-refractivity contribution in [1.29, 1.82) is 0 Å². The maximum Gasteiger partial charge on any atom is 0.0855 e. The third-order valence-corrected chi connectivity index (χ3v) is 6.85. The van der Waals surface area contributed by atoms with Crippen molar-refractivity contribution in [2.75, 3.05) is 0 Å². The standard InChI is InChI=1S/C6H2Cl2S4/c7-3-1-9-5(11-3)6-10-2-4(8)12-6/h1-2H/b6-5+. The first kappa shape index (κ1) is 9.74. The average Bonchev–Trinajstić information content (AvgIpc) is 2.58. The van der Waals surface area contributed by atoms with E-state index in [1.807, 2.05) is 10.8 Å². The maximum atomic E-state index is 5.82. The topological polar surface area (TPSA) is 0 Å². The summed E-state index contributed by atoms with van der Waals surface area (Å²) in [5, 5.41) is 3.89. The Balaban J connectivity index is 2.11. The average molecular weight is 273 g/mol. The van der Waals surface area contributed by atoms with E-state index in [2.05, 4.69) is 0 Å². The number of rotatable bonds is 0. The molecule has 0 radical (unpaired) electrons. The van der Waals surface area contributed by atoms with Crippen molar-refractivity contribution in [2.45, 2.75) is 0 Å². The Bertz CT molecular complexity index is 275. The highest BCUT2D eigenvalue weighted by molar-refractivity contribution is 8.34. The van der Waals surface area contributed by atoms with E-state index in [-0.39, 0.29) is 0 Å². The lowest BCUT2D eigenvalue weighted by atomic mass is 11.2. The summed E-state index contributed by atoms with van der Waals surface area (Å²) in [7, 11) is 0. The van der Waals surface area contributed by atoms with Gasteiger partial charge in [-0.1, -0.05) is 70.2 Å². The summed E-state index contributed by atoms with van der Waals surface area (Å²) in [5.74, 6) is 0. The van der Waals surface area contributed by atoms with Gasteiger partial charge >= 0.3 is 0 Å². The second-order valence-electron chi connectivity index (χ2n) is 1.86. The molecule has 0 N–H and O–H groups in total. The number of hydrogen-bond donors (Lipinski definition) is 0. The van der Waals surface area contributed by atoms with E-state index in [4.69, 9.17) is 23.2 Å². The van der Waals surface area contributed by atoms with Gasteiger partial charge in [-0.3, -0.25) is 0 Å². The predicted octanol–water partition coefficient (Wildman–Crippen LogP) is 5.15. The molecule has 2 aliphatic heterocycles. The Hall–Kier alpha value is 1.20. The lowest BCUT2D eigenvalue weighted by Gasteiger charge is -1.98. The number of hydrogen-bond acceptors (Lipinski definition) is 4. The molecule has 0 atom stereocenters. The Kier molecular flexibility index (Phi) is 3.37. The molecule has 0 saturated heterocycles. The smallest absolute Gasteiger partial charge is 0.0855 e. The van der Waals surface area contributed by atoms with E-state index in [9.17, 15) is 0 Å². The summed E-state index contributed by atoms with van der Waals surface area (Å²) in [6.45, 7) is 0. The Morgan fingerprint density at radius 1 is 0.833 bits per heavy atom. The van der Waals surface area contributed by atoms with Crippen LogP contribution in [0.15, 0.2) is 28.0 Å². The number of halogens is 2. The molecule has 0 aliphatic carbocycles. The predicted molar refractivity (Wildman–Crippen MR) is 65.3 cm³/mol. The van der Waals surface area contributed by atoms with Gasteiger partial charge in [0.15, 0.2) is 0 Å². The monoisotopic (exact) mass is 272 g/mol. The van der Waals surface area contributed by atoms with Gasteiger partial charge in [-0.05, 0) is 0 Å². The van der Waals surface area contributed by atoms with Gasteiger partial charge in [0.05, 0.1) is 17.2 Å². The minimum Gasteiger partial charge on any atom is -0.0868 e. The first-order valence-corrected chi connectivity index (χ1v) is 7.05. The molecule has 0 fully saturated rings. The molecular formula is C6H2Cl2S4. The summed E-state index contributed by atoms with van der Waals surface area (Å²) < 4.78 is 4.15. The molecule has 12 heavy (non-hydrogen) atoms. The van der Waals surface area contributed by atoms with Crippen LogP contribution in [0.4, 0.5) is 0 Å². The fraction of sp³-hybridized carbons (Fsp3) is 0. The molecule has 2 heterocycles. The van der Waals surface area contributed by atoms with E-state index in [1.165, 1.54) is 8.47 Å². The molecular weight excluding hydrogens is 271 g/mol. The molecule has 0 spiro atoms. The van der Waals surface area contributed by atoms with Crippen LogP contribution in [0.5, 0.6) is 0 Å². The van der Waals surface area contributed by atoms with E-state index in [0.29, 0.717) is 0 Å². The van der Waals surface area contributed by atoms with Crippen LogP contribution in [-0.2, 0) is 0 Å². The van der Waals surface area contributed by atoms with Gasteiger partial charge in [-0.2, -0.15) is 0 Å². The van der Waals surface area contributed by atoms with Gasteiger partial charge < -0.3 is 0 Å². The summed E-state index contributed by atoms with van der Waals surface area (Å²) in [6, 6.07) is 0. The van der Waals surface area contributed by atoms with Crippen molar-refractivity contribution < 1.29 is 0 Å². The fourth-order valence-corrected chi connectivity index (χ4v) is 5.73. The molecule has 0 bridgehead atoms. The Labute approximate surface area is 97.6 Å². The Morgan fingerprint density at radius 2 is 1.25 bits per heavy atom. The third-order valence-electron chi connectivity index (χ3n) is 1.06. The van der Waals surface area contributed by atoms with Gasteiger partial charge in [-0.25, -0.2) is 0 Å². The zero-order valence-corrected chi connectivity index (χ0v) is 10.3. The van der Waals surface area contributed by atoms with Gasteiger partial charge in [0, 0.05) is 10.8 Å². The summed E-state index contributed by atoms with van der Waals surface area (Å²) in [5.41, 5.74) is 0. The van der Waals surface area contributed by atoms with E-state index in [0.717, 1.165) is 8.73 Å². The minimum atomic E-state index is 0.840. The molecule has 64 valence electrons. The first-order chi connectivity index (χ1) is 5.75. The van der Waals surface area contributed by atoms with Crippen LogP contribution in [0.1, 0.15) is 0 Å². The quantitative estimate of drug-likeness (QED) is 0.598. The van der Waals surface area contributed by atoms with Crippen molar-refractivity contribution >= 4 is 70.2 Å². The molecule has 6 heteroatoms. The van der Waals surface area contributed by atoms with Crippen LogP contribution < -0.4 is 0 Å². The lowest BCUT2D eigenvalue weighted by molar-refractivity contribution is 2.37. The highest BCUT2D eigenvalue weighted by Gasteiger charge is 2.19. The molecule has 2 aliphatic rings. The van der Waals surface area contributed by atoms with Crippen molar-refractivity contribution in [3.63, 3.8) is 0 Å². The van der Waals surface area contributed by atoms with E-state index >= 15 is 0 Å². The summed E-state index contributed by atoms with van der Waals surface area (Å²) in [4.78, 5) is 0. The van der Waals surface area contributed by atoms with Crippen LogP contribution in [-0.4, -0.2) is 0 Å². The highest BCUT2D eigenvalue weighted by atomic mass is 35.5. The number of thioether (sulfide) groups is 4. The zero-order chi connectivity index (χ0) is 8.55. The molecule has 0 aromatic carbocycles. The van der Waals surface area contributed by atoms with Crippen LogP contribution in [0.3, 0.4) is 0 Å². The van der Waals surface area contributed by atoms with Crippen molar-refractivity contribution in [3.8, 4) is 0 Å². The van der Waals surface area contributed by atoms with E-state index in [1.54, 1.807) is 47.0 Å². The maximum absolute atomic E-state index is 5.82. The SMILES string of the molecule is ClC1=CS/C(=C2/SC=C(Cl)S2)S1. The van der Waals surface area contributed by atoms with Crippen LogP contribution in [0, 0.1) is 0 Å². The van der Waals surface area contributed by atoms with Crippen molar-refractivity contribution in [2.24, 2.45) is 0 Å². The van der Waals surface area contributed by atoms with Gasteiger partial charge in [0.2, 0.25) is 0 Å². The van der Waals surface area contributed by atoms with Crippen molar-refractivity contribution in [1.82, 2.24) is 0 Å². The largest absolute Gasteiger partial charge is 0.0868 e. The molecule has 2 rings (SSSR count). The molecule has 0 aromatic rings. The first-order valence-electron chi connectivity index (χ1n) is 2.90. The Morgan fingerprint density at radius 3 is 1.50 bits per heavy atom. The van der Waals surface area contributed by atoms with Crippen LogP contribution in [0.25, 0.3) is 0 Å². The fourth-order valence-electron chi connectivity index (χ4n) is 0.653. The second-order valence-corrected chi connectivity index (χ2v) is 7.50. The molecule has 0 unspecified atom stereocenters. The lowest BCUT2D eigenvalue weighted by Crippen LogP contribution is -1.64. The van der Waals surface area contributed by atoms with Crippen LogP contribution >= 0.6 is 70.2 Å². The summed E-state index contributed by atoms with van der Waals surface area (Å²) >= 11 is 18.2. The molecule has 0 saturated carbocycles. The summed E-state index contributed by atoms with van der Waals surface area (Å²) in [6.07, 6.45) is 0. The normalized spacial score (nSPS) is 29.2. The van der Waals surface area contributed by atoms with E-state index < -0.39 is 0 Å².